The predicted molar refractivity (Wildman–Crippen MR) is 161 cm³/mol. The summed E-state index contributed by atoms with van der Waals surface area (Å²) in [5.74, 6) is -1.29. The van der Waals surface area contributed by atoms with Gasteiger partial charge in [-0.05, 0) is 63.7 Å². The Morgan fingerprint density at radius 3 is 2.32 bits per heavy atom. The zero-order valence-electron chi connectivity index (χ0n) is 24.7. The molecule has 0 radical (unpaired) electrons. The van der Waals surface area contributed by atoms with Gasteiger partial charge in [0.25, 0.3) is 0 Å². The zero-order valence-corrected chi connectivity index (χ0v) is 25.6. The fourth-order valence-electron chi connectivity index (χ4n) is 5.80. The van der Waals surface area contributed by atoms with Gasteiger partial charge in [-0.25, -0.2) is 4.79 Å². The van der Waals surface area contributed by atoms with E-state index in [1.54, 1.807) is 4.90 Å². The minimum Gasteiger partial charge on any atom is -0.481 e. The molecular formula is C29H43N5O6S. The Bertz CT molecular complexity index is 1330. The number of hydrogen-bond donors (Lipinski definition) is 5. The van der Waals surface area contributed by atoms with E-state index in [1.807, 2.05) is 44.2 Å². The van der Waals surface area contributed by atoms with Crippen molar-refractivity contribution >= 4 is 38.9 Å². The molecule has 1 aromatic heterocycles. The number of carboxylic acids is 1. The van der Waals surface area contributed by atoms with E-state index >= 15 is 0 Å². The molecular weight excluding hydrogens is 546 g/mol. The Morgan fingerprint density at radius 1 is 1.10 bits per heavy atom. The van der Waals surface area contributed by atoms with E-state index in [2.05, 4.69) is 45.9 Å². The molecule has 0 bridgehead atoms. The lowest BCUT2D eigenvalue weighted by Gasteiger charge is -2.66. The van der Waals surface area contributed by atoms with Gasteiger partial charge in [-0.15, -0.1) is 0 Å². The summed E-state index contributed by atoms with van der Waals surface area (Å²) in [4.78, 5) is 51.9. The van der Waals surface area contributed by atoms with Crippen LogP contribution >= 0.6 is 9.16 Å². The second kappa shape index (κ2) is 10.7. The Morgan fingerprint density at radius 2 is 1.76 bits per heavy atom. The molecule has 4 rings (SSSR count). The lowest BCUT2D eigenvalue weighted by atomic mass is 9.83. The van der Waals surface area contributed by atoms with Gasteiger partial charge < -0.3 is 25.4 Å². The third-order valence-electron chi connectivity index (χ3n) is 8.72. The second-order valence-corrected chi connectivity index (χ2v) is 21.5. The number of nitrogens with zero attached hydrogens (tertiary/aromatic N) is 2. The molecule has 12 heteroatoms. The first-order chi connectivity index (χ1) is 19.0. The zero-order chi connectivity index (χ0) is 30.2. The van der Waals surface area contributed by atoms with Gasteiger partial charge in [0.2, 0.25) is 5.91 Å². The molecule has 3 amide bonds. The number of urea groups is 1. The Kier molecular flexibility index (Phi) is 7.94. The quantitative estimate of drug-likeness (QED) is 0.209. The fraction of sp³-hybridized carbons (Fsp3) is 0.552. The van der Waals surface area contributed by atoms with E-state index in [-0.39, 0.29) is 42.7 Å². The van der Waals surface area contributed by atoms with Crippen molar-refractivity contribution in [1.82, 2.24) is 20.4 Å². The lowest BCUT2D eigenvalue weighted by molar-refractivity contribution is -0.148. The SMILES string of the molecule is CC1(C)c2[nH]nc(NC(=O)C3([SH](C)(C)(C)C)CCC3)c2CN1C(=O)NC(COC(=O)CCC(=O)O)c1ccccc1. The molecule has 2 heterocycles. The van der Waals surface area contributed by atoms with Crippen LogP contribution in [0.1, 0.15) is 68.8 Å². The van der Waals surface area contributed by atoms with Crippen LogP contribution < -0.4 is 10.6 Å². The minimum atomic E-state index is -2.25. The maximum Gasteiger partial charge on any atom is 0.319 e. The topological polar surface area (TPSA) is 154 Å². The van der Waals surface area contributed by atoms with Crippen molar-refractivity contribution in [1.29, 1.82) is 0 Å². The van der Waals surface area contributed by atoms with Crippen molar-refractivity contribution in [3.63, 3.8) is 0 Å². The number of aliphatic carboxylic acids is 1. The molecule has 1 atom stereocenters. The standard InChI is InChI=1S/C29H43N5O6S/c1-28(2)24-20(25(33-32-24)31-26(38)29(15-10-16-29)41(3,4,5)6)17-34(28)27(39)30-21(19-11-8-7-9-12-19)18-40-23(37)14-13-22(35)36/h7-9,11-12,21,41H,10,13-18H2,1-6H3,(H,30,39)(H,35,36)(H2,31,32,33,38). The lowest BCUT2D eigenvalue weighted by Crippen LogP contribution is -2.56. The average Bonchev–Trinajstić information content (AvgIpc) is 3.36. The predicted octanol–water partition coefficient (Wildman–Crippen LogP) is 3.77. The van der Waals surface area contributed by atoms with Crippen LogP contribution in [0.3, 0.4) is 0 Å². The highest BCUT2D eigenvalue weighted by molar-refractivity contribution is 8.49. The Balaban J connectivity index is 1.49. The second-order valence-electron chi connectivity index (χ2n) is 13.5. The number of H-pyrrole nitrogens is 1. The Hall–Kier alpha value is -3.54. The monoisotopic (exact) mass is 589 g/mol. The van der Waals surface area contributed by atoms with E-state index in [0.717, 1.165) is 36.1 Å². The maximum absolute atomic E-state index is 13.7. The number of anilines is 1. The van der Waals surface area contributed by atoms with Gasteiger partial charge in [0.1, 0.15) is 6.61 Å². The van der Waals surface area contributed by atoms with Crippen LogP contribution in [0.15, 0.2) is 30.3 Å². The number of carboxylic acid groups (broad SMARTS) is 1. The summed E-state index contributed by atoms with van der Waals surface area (Å²) in [5, 5.41) is 22.4. The van der Waals surface area contributed by atoms with Crippen molar-refractivity contribution in [2.24, 2.45) is 0 Å². The molecule has 11 nitrogen and oxygen atoms in total. The summed E-state index contributed by atoms with van der Waals surface area (Å²) in [6.45, 7) is 3.89. The molecule has 4 N–H and O–H groups in total. The number of aromatic amines is 1. The van der Waals surface area contributed by atoms with Crippen LogP contribution in [-0.2, 0) is 31.2 Å². The van der Waals surface area contributed by atoms with E-state index in [0.29, 0.717) is 5.82 Å². The number of benzene rings is 1. The van der Waals surface area contributed by atoms with Gasteiger partial charge in [0, 0.05) is 5.56 Å². The first-order valence-electron chi connectivity index (χ1n) is 13.9. The molecule has 1 fully saturated rings. The highest BCUT2D eigenvalue weighted by Gasteiger charge is 2.56. The summed E-state index contributed by atoms with van der Waals surface area (Å²) in [7, 11) is -2.25. The van der Waals surface area contributed by atoms with Gasteiger partial charge >= 0.3 is 18.0 Å². The van der Waals surface area contributed by atoms with Crippen molar-refractivity contribution in [2.45, 2.75) is 68.8 Å². The number of rotatable bonds is 10. The summed E-state index contributed by atoms with van der Waals surface area (Å²) >= 11 is 0. The molecule has 1 aliphatic heterocycles. The maximum atomic E-state index is 13.7. The van der Waals surface area contributed by atoms with E-state index in [1.165, 1.54) is 0 Å². The number of ether oxygens (including phenoxy) is 1. The molecule has 2 aromatic rings. The largest absolute Gasteiger partial charge is 0.481 e. The average molecular weight is 590 g/mol. The number of thiol groups is 1. The number of aromatic nitrogens is 2. The van der Waals surface area contributed by atoms with Gasteiger partial charge in [-0.2, -0.15) is 5.10 Å². The fourth-order valence-corrected chi connectivity index (χ4v) is 8.77. The van der Waals surface area contributed by atoms with Gasteiger partial charge in [0.15, 0.2) is 5.82 Å². The van der Waals surface area contributed by atoms with Crippen LogP contribution in [0.5, 0.6) is 0 Å². The molecule has 1 saturated carbocycles. The first kappa shape index (κ1) is 30.4. The van der Waals surface area contributed by atoms with Crippen molar-refractivity contribution in [3.05, 3.63) is 47.2 Å². The summed E-state index contributed by atoms with van der Waals surface area (Å²) in [6.07, 6.45) is 11.1. The number of nitrogens with one attached hydrogen (secondary N) is 3. The number of carbonyl (C=O) groups is 4. The van der Waals surface area contributed by atoms with Crippen LogP contribution in [0.2, 0.25) is 0 Å². The highest BCUT2D eigenvalue weighted by Crippen LogP contribution is 2.73. The van der Waals surface area contributed by atoms with E-state index < -0.39 is 32.7 Å². The summed E-state index contributed by atoms with van der Waals surface area (Å²) < 4.78 is 4.94. The van der Waals surface area contributed by atoms with Crippen LogP contribution in [0.4, 0.5) is 10.6 Å². The smallest absolute Gasteiger partial charge is 0.319 e. The van der Waals surface area contributed by atoms with Gasteiger partial charge in [-0.1, -0.05) is 30.3 Å². The molecule has 1 aliphatic carbocycles. The molecule has 2 aliphatic rings. The van der Waals surface area contributed by atoms with Gasteiger partial charge in [-0.3, -0.25) is 28.6 Å². The number of esters is 1. The van der Waals surface area contributed by atoms with E-state index in [9.17, 15) is 19.2 Å². The molecule has 0 saturated heterocycles. The molecule has 41 heavy (non-hydrogen) atoms. The number of carbonyl (C=O) groups excluding carboxylic acids is 3. The molecule has 226 valence electrons. The molecule has 1 aromatic carbocycles. The number of hydrogen-bond acceptors (Lipinski definition) is 6. The Labute approximate surface area is 241 Å². The van der Waals surface area contributed by atoms with Crippen molar-refractivity contribution in [2.75, 3.05) is 36.9 Å². The first-order valence-corrected chi connectivity index (χ1v) is 17.9. The van der Waals surface area contributed by atoms with E-state index in [4.69, 9.17) is 9.84 Å². The molecule has 1 unspecified atom stereocenters. The number of amides is 3. The third-order valence-corrected chi connectivity index (χ3v) is 12.8. The van der Waals surface area contributed by atoms with Crippen LogP contribution in [0.25, 0.3) is 0 Å². The van der Waals surface area contributed by atoms with Crippen molar-refractivity contribution < 1.29 is 29.0 Å². The highest BCUT2D eigenvalue weighted by atomic mass is 32.3. The minimum absolute atomic E-state index is 0.000259. The van der Waals surface area contributed by atoms with Crippen LogP contribution in [0, 0.1) is 0 Å². The number of fused-ring (bicyclic) bond motifs is 1. The summed E-state index contributed by atoms with van der Waals surface area (Å²) in [6, 6.07) is 8.09. The van der Waals surface area contributed by atoms with Gasteiger partial charge in [0.05, 0.1) is 41.4 Å². The van der Waals surface area contributed by atoms with Crippen molar-refractivity contribution in [3.8, 4) is 0 Å². The van der Waals surface area contributed by atoms with Crippen LogP contribution in [-0.4, -0.2) is 80.5 Å². The normalized spacial score (nSPS) is 18.7. The third kappa shape index (κ3) is 5.93. The molecule has 0 spiro atoms. The summed E-state index contributed by atoms with van der Waals surface area (Å²) in [5.41, 5.74) is 1.50.